The van der Waals surface area contributed by atoms with Crippen LogP contribution in [0.2, 0.25) is 0 Å². The van der Waals surface area contributed by atoms with Crippen molar-refractivity contribution in [1.29, 1.82) is 0 Å². The highest BCUT2D eigenvalue weighted by molar-refractivity contribution is 5.61. The molecule has 0 amide bonds. The van der Waals surface area contributed by atoms with Gasteiger partial charge in [0.1, 0.15) is 0 Å². The zero-order chi connectivity index (χ0) is 18.5. The van der Waals surface area contributed by atoms with E-state index in [1.165, 1.54) is 29.7 Å². The number of aryl methyl sites for hydroxylation is 1. The monoisotopic (exact) mass is 360 g/mol. The number of anilines is 4. The number of rotatable bonds is 6. The van der Waals surface area contributed by atoms with E-state index < -0.39 is 0 Å². The Kier molecular flexibility index (Phi) is 5.14. The number of nitrogens with one attached hydrogen (secondary N) is 2. The van der Waals surface area contributed by atoms with Gasteiger partial charge in [0.05, 0.1) is 6.20 Å². The van der Waals surface area contributed by atoms with Crippen LogP contribution in [0.5, 0.6) is 0 Å². The van der Waals surface area contributed by atoms with Crippen molar-refractivity contribution in [3.63, 3.8) is 0 Å². The van der Waals surface area contributed by atoms with Gasteiger partial charge in [-0.05, 0) is 49.6 Å². The standard InChI is InChI=1S/C21H24N6/c1-16-4-6-17(7-5-16)14-22-21-25-20(15-23-26-21)24-18-8-10-19(11-9-18)27-12-2-3-13-27/h4-11,15H,2-3,12-14H2,1H3,(H2,22,24,25,26). The largest absolute Gasteiger partial charge is 0.372 e. The third-order valence-corrected chi connectivity index (χ3v) is 4.74. The van der Waals surface area contributed by atoms with Gasteiger partial charge in [-0.2, -0.15) is 10.1 Å². The Balaban J connectivity index is 1.37. The van der Waals surface area contributed by atoms with E-state index in [0.29, 0.717) is 18.3 Å². The van der Waals surface area contributed by atoms with Crippen LogP contribution in [0.4, 0.5) is 23.1 Å². The number of hydrogen-bond donors (Lipinski definition) is 2. The summed E-state index contributed by atoms with van der Waals surface area (Å²) in [6, 6.07) is 16.8. The maximum Gasteiger partial charge on any atom is 0.244 e. The molecule has 1 saturated heterocycles. The summed E-state index contributed by atoms with van der Waals surface area (Å²) in [6.45, 7) is 5.05. The van der Waals surface area contributed by atoms with Crippen LogP contribution >= 0.6 is 0 Å². The van der Waals surface area contributed by atoms with Gasteiger partial charge in [-0.25, -0.2) is 0 Å². The van der Waals surface area contributed by atoms with Gasteiger partial charge in [0.25, 0.3) is 0 Å². The first-order chi connectivity index (χ1) is 13.3. The Bertz CT molecular complexity index is 870. The molecule has 3 aromatic rings. The van der Waals surface area contributed by atoms with Crippen LogP contribution in [0.25, 0.3) is 0 Å². The fraction of sp³-hybridized carbons (Fsp3) is 0.286. The fourth-order valence-electron chi connectivity index (χ4n) is 3.20. The van der Waals surface area contributed by atoms with Crippen molar-refractivity contribution in [3.05, 3.63) is 65.9 Å². The van der Waals surface area contributed by atoms with Crippen LogP contribution < -0.4 is 15.5 Å². The second kappa shape index (κ2) is 8.03. The minimum atomic E-state index is 0.509. The number of aromatic nitrogens is 3. The summed E-state index contributed by atoms with van der Waals surface area (Å²) in [5.41, 5.74) is 4.70. The van der Waals surface area contributed by atoms with Crippen LogP contribution in [-0.2, 0) is 6.54 Å². The minimum absolute atomic E-state index is 0.509. The van der Waals surface area contributed by atoms with Crippen LogP contribution in [0.1, 0.15) is 24.0 Å². The molecule has 0 radical (unpaired) electrons. The molecular formula is C21H24N6. The van der Waals surface area contributed by atoms with E-state index in [1.54, 1.807) is 6.20 Å². The van der Waals surface area contributed by atoms with E-state index in [0.717, 1.165) is 18.8 Å². The second-order valence-electron chi connectivity index (χ2n) is 6.87. The van der Waals surface area contributed by atoms with Gasteiger partial charge >= 0.3 is 0 Å². The van der Waals surface area contributed by atoms with Gasteiger partial charge in [-0.15, -0.1) is 5.10 Å². The molecule has 6 nitrogen and oxygen atoms in total. The molecule has 2 heterocycles. The molecule has 0 spiro atoms. The highest BCUT2D eigenvalue weighted by Crippen LogP contribution is 2.23. The van der Waals surface area contributed by atoms with E-state index in [4.69, 9.17) is 0 Å². The highest BCUT2D eigenvalue weighted by atomic mass is 15.3. The zero-order valence-electron chi connectivity index (χ0n) is 15.5. The Morgan fingerprint density at radius 2 is 1.70 bits per heavy atom. The van der Waals surface area contributed by atoms with Crippen molar-refractivity contribution >= 4 is 23.1 Å². The lowest BCUT2D eigenvalue weighted by Crippen LogP contribution is -2.17. The maximum absolute atomic E-state index is 4.49. The Hall–Kier alpha value is -3.15. The summed E-state index contributed by atoms with van der Waals surface area (Å²) >= 11 is 0. The second-order valence-corrected chi connectivity index (χ2v) is 6.87. The molecule has 0 aliphatic carbocycles. The number of nitrogens with zero attached hydrogens (tertiary/aromatic N) is 4. The van der Waals surface area contributed by atoms with Gasteiger partial charge in [-0.1, -0.05) is 29.8 Å². The SMILES string of the molecule is Cc1ccc(CNc2nncc(Nc3ccc(N4CCCC4)cc3)n2)cc1. The molecule has 27 heavy (non-hydrogen) atoms. The van der Waals surface area contributed by atoms with Crippen molar-refractivity contribution in [3.8, 4) is 0 Å². The van der Waals surface area contributed by atoms with E-state index in [-0.39, 0.29) is 0 Å². The molecule has 0 atom stereocenters. The molecule has 0 saturated carbocycles. The molecule has 1 aromatic heterocycles. The summed E-state index contributed by atoms with van der Waals surface area (Å²) in [6.07, 6.45) is 4.20. The summed E-state index contributed by atoms with van der Waals surface area (Å²) in [7, 11) is 0. The maximum atomic E-state index is 4.49. The minimum Gasteiger partial charge on any atom is -0.372 e. The molecule has 4 rings (SSSR count). The van der Waals surface area contributed by atoms with Crippen molar-refractivity contribution in [1.82, 2.24) is 15.2 Å². The van der Waals surface area contributed by atoms with Crippen LogP contribution in [-0.4, -0.2) is 28.3 Å². The van der Waals surface area contributed by atoms with E-state index in [9.17, 15) is 0 Å². The van der Waals surface area contributed by atoms with Crippen molar-refractivity contribution < 1.29 is 0 Å². The molecule has 1 fully saturated rings. The van der Waals surface area contributed by atoms with Crippen molar-refractivity contribution in [2.45, 2.75) is 26.3 Å². The van der Waals surface area contributed by atoms with E-state index in [1.807, 2.05) is 0 Å². The Morgan fingerprint density at radius 1 is 0.963 bits per heavy atom. The third-order valence-electron chi connectivity index (χ3n) is 4.74. The first kappa shape index (κ1) is 17.3. The van der Waals surface area contributed by atoms with Crippen LogP contribution in [0, 0.1) is 6.92 Å². The number of benzene rings is 2. The average Bonchev–Trinajstić information content (AvgIpc) is 3.23. The lowest BCUT2D eigenvalue weighted by atomic mass is 10.1. The summed E-state index contributed by atoms with van der Waals surface area (Å²) < 4.78 is 0. The first-order valence-electron chi connectivity index (χ1n) is 9.37. The van der Waals surface area contributed by atoms with Crippen LogP contribution in [0.3, 0.4) is 0 Å². The molecular weight excluding hydrogens is 336 g/mol. The van der Waals surface area contributed by atoms with Gasteiger partial charge < -0.3 is 15.5 Å². The van der Waals surface area contributed by atoms with Crippen molar-refractivity contribution in [2.75, 3.05) is 28.6 Å². The van der Waals surface area contributed by atoms with Gasteiger partial charge in [0.15, 0.2) is 5.82 Å². The number of hydrogen-bond acceptors (Lipinski definition) is 6. The predicted molar refractivity (Wildman–Crippen MR) is 110 cm³/mol. The quantitative estimate of drug-likeness (QED) is 0.689. The normalized spacial score (nSPS) is 13.6. The first-order valence-corrected chi connectivity index (χ1v) is 9.37. The average molecular weight is 360 g/mol. The molecule has 0 bridgehead atoms. The van der Waals surface area contributed by atoms with Gasteiger partial charge in [0, 0.05) is 31.0 Å². The van der Waals surface area contributed by atoms with E-state index in [2.05, 4.69) is 86.2 Å². The van der Waals surface area contributed by atoms with Gasteiger partial charge in [-0.3, -0.25) is 0 Å². The molecule has 6 heteroatoms. The topological polar surface area (TPSA) is 66.0 Å². The Labute approximate surface area is 159 Å². The fourth-order valence-corrected chi connectivity index (χ4v) is 3.20. The molecule has 2 N–H and O–H groups in total. The zero-order valence-corrected chi connectivity index (χ0v) is 15.5. The molecule has 2 aromatic carbocycles. The summed E-state index contributed by atoms with van der Waals surface area (Å²) in [5.74, 6) is 1.18. The summed E-state index contributed by atoms with van der Waals surface area (Å²) in [5, 5.41) is 14.6. The van der Waals surface area contributed by atoms with E-state index >= 15 is 0 Å². The van der Waals surface area contributed by atoms with Gasteiger partial charge in [0.2, 0.25) is 5.95 Å². The Morgan fingerprint density at radius 3 is 2.44 bits per heavy atom. The van der Waals surface area contributed by atoms with Crippen molar-refractivity contribution in [2.24, 2.45) is 0 Å². The molecule has 1 aliphatic heterocycles. The molecule has 138 valence electrons. The smallest absolute Gasteiger partial charge is 0.244 e. The summed E-state index contributed by atoms with van der Waals surface area (Å²) in [4.78, 5) is 6.91. The lowest BCUT2D eigenvalue weighted by Gasteiger charge is -2.17. The lowest BCUT2D eigenvalue weighted by molar-refractivity contribution is 0.948. The predicted octanol–water partition coefficient (Wildman–Crippen LogP) is 4.14. The molecule has 1 aliphatic rings. The third kappa shape index (κ3) is 4.53. The van der Waals surface area contributed by atoms with Crippen LogP contribution in [0.15, 0.2) is 54.7 Å². The molecule has 0 unspecified atom stereocenters. The highest BCUT2D eigenvalue weighted by Gasteiger charge is 2.11.